The van der Waals surface area contributed by atoms with Crippen LogP contribution < -0.4 is 0 Å². The van der Waals surface area contributed by atoms with Gasteiger partial charge < -0.3 is 5.11 Å². The van der Waals surface area contributed by atoms with Crippen molar-refractivity contribution in [3.8, 4) is 21.7 Å². The summed E-state index contributed by atoms with van der Waals surface area (Å²) in [5.41, 5.74) is 3.28. The minimum absolute atomic E-state index is 0.551. The van der Waals surface area contributed by atoms with Crippen LogP contribution >= 0.6 is 11.3 Å². The van der Waals surface area contributed by atoms with Crippen molar-refractivity contribution in [2.45, 2.75) is 32.7 Å². The maximum absolute atomic E-state index is 12.4. The van der Waals surface area contributed by atoms with Gasteiger partial charge in [-0.15, -0.1) is 11.3 Å². The van der Waals surface area contributed by atoms with Gasteiger partial charge in [-0.25, -0.2) is 4.98 Å². The Balaban J connectivity index is 1.86. The van der Waals surface area contributed by atoms with Gasteiger partial charge in [0.05, 0.1) is 27.8 Å². The Kier molecular flexibility index (Phi) is 4.66. The lowest BCUT2D eigenvalue weighted by atomic mass is 10.1. The highest BCUT2D eigenvalue weighted by atomic mass is 32.1. The van der Waals surface area contributed by atoms with Crippen molar-refractivity contribution < 1.29 is 18.3 Å². The Morgan fingerprint density at radius 1 is 1.20 bits per heavy atom. The first-order chi connectivity index (χ1) is 11.7. The molecule has 2 aromatic heterocycles. The van der Waals surface area contributed by atoms with Crippen LogP contribution in [0, 0.1) is 13.8 Å². The molecule has 0 saturated heterocycles. The number of aliphatic hydroxyl groups is 1. The van der Waals surface area contributed by atoms with E-state index in [0.29, 0.717) is 5.69 Å². The second kappa shape index (κ2) is 6.61. The highest BCUT2D eigenvalue weighted by molar-refractivity contribution is 7.15. The van der Waals surface area contributed by atoms with E-state index in [0.717, 1.165) is 31.4 Å². The van der Waals surface area contributed by atoms with Crippen LogP contribution in [0.2, 0.25) is 0 Å². The second-order valence-electron chi connectivity index (χ2n) is 5.71. The maximum atomic E-state index is 12.4. The smallest absolute Gasteiger partial charge is 0.382 e. The van der Waals surface area contributed by atoms with Crippen molar-refractivity contribution in [3.63, 3.8) is 0 Å². The molecule has 0 amide bonds. The summed E-state index contributed by atoms with van der Waals surface area (Å²) in [5.74, 6) is 0. The Morgan fingerprint density at radius 3 is 2.56 bits per heavy atom. The van der Waals surface area contributed by atoms with Gasteiger partial charge in [0, 0.05) is 11.8 Å². The molecule has 0 bridgehead atoms. The van der Waals surface area contributed by atoms with Crippen LogP contribution in [0.25, 0.3) is 21.7 Å². The zero-order chi connectivity index (χ0) is 18.2. The van der Waals surface area contributed by atoms with Gasteiger partial charge in [0.2, 0.25) is 0 Å². The largest absolute Gasteiger partial charge is 0.416 e. The molecular weight excluding hydrogens is 351 g/mol. The first kappa shape index (κ1) is 17.6. The summed E-state index contributed by atoms with van der Waals surface area (Å²) < 4.78 is 38.4. The summed E-state index contributed by atoms with van der Waals surface area (Å²) in [5, 5.41) is 14.3. The molecule has 25 heavy (non-hydrogen) atoms. The third kappa shape index (κ3) is 3.91. The number of halogens is 3. The zero-order valence-corrected chi connectivity index (χ0v) is 14.4. The predicted octanol–water partition coefficient (Wildman–Crippen LogP) is 4.21. The minimum Gasteiger partial charge on any atom is -0.382 e. The summed E-state index contributed by atoms with van der Waals surface area (Å²) in [6.45, 7) is 3.26. The van der Waals surface area contributed by atoms with Gasteiger partial charge in [-0.3, -0.25) is 4.68 Å². The topological polar surface area (TPSA) is 50.9 Å². The average molecular weight is 367 g/mol. The Bertz CT molecular complexity index is 885. The molecule has 1 aromatic carbocycles. The molecule has 0 radical (unpaired) electrons. The lowest BCUT2D eigenvalue weighted by Crippen LogP contribution is -2.32. The molecule has 3 rings (SSSR count). The van der Waals surface area contributed by atoms with Crippen molar-refractivity contribution in [2.24, 2.45) is 0 Å². The number of aryl methyl sites for hydroxylation is 2. The van der Waals surface area contributed by atoms with Crippen LogP contribution in [0.5, 0.6) is 0 Å². The van der Waals surface area contributed by atoms with Crippen molar-refractivity contribution in [1.29, 1.82) is 0 Å². The molecule has 132 valence electrons. The molecule has 1 N–H and O–H groups in total. The van der Waals surface area contributed by atoms with E-state index >= 15 is 0 Å². The molecule has 0 aliphatic heterocycles. The number of rotatable bonds is 4. The fourth-order valence-electron chi connectivity index (χ4n) is 2.52. The zero-order valence-electron chi connectivity index (χ0n) is 13.6. The number of thiazole rings is 1. The molecule has 0 unspecified atom stereocenters. The number of hydrogen-bond donors (Lipinski definition) is 1. The molecule has 4 nitrogen and oxygen atoms in total. The quantitative estimate of drug-likeness (QED) is 0.751. The van der Waals surface area contributed by atoms with Gasteiger partial charge in [-0.2, -0.15) is 18.3 Å². The number of aliphatic hydroxyl groups excluding tert-OH is 1. The summed E-state index contributed by atoms with van der Waals surface area (Å²) in [6, 6.07) is 9.26. The molecule has 1 atom stereocenters. The van der Waals surface area contributed by atoms with Crippen LogP contribution in [0.1, 0.15) is 10.7 Å². The molecule has 2 heterocycles. The lowest BCUT2D eigenvalue weighted by Gasteiger charge is -2.14. The molecule has 0 saturated carbocycles. The van der Waals surface area contributed by atoms with Crippen LogP contribution in [-0.2, 0) is 6.54 Å². The second-order valence-corrected chi connectivity index (χ2v) is 6.91. The van der Waals surface area contributed by atoms with Gasteiger partial charge in [0.25, 0.3) is 0 Å². The van der Waals surface area contributed by atoms with Gasteiger partial charge in [0.15, 0.2) is 6.10 Å². The lowest BCUT2D eigenvalue weighted by molar-refractivity contribution is -0.208. The molecule has 0 aliphatic rings. The summed E-state index contributed by atoms with van der Waals surface area (Å²) in [4.78, 5) is 5.48. The van der Waals surface area contributed by atoms with E-state index in [4.69, 9.17) is 5.11 Å². The number of aromatic nitrogens is 3. The normalized spacial score (nSPS) is 13.2. The van der Waals surface area contributed by atoms with Crippen molar-refractivity contribution >= 4 is 11.3 Å². The van der Waals surface area contributed by atoms with E-state index in [2.05, 4.69) is 10.1 Å². The Morgan fingerprint density at radius 2 is 1.92 bits per heavy atom. The van der Waals surface area contributed by atoms with Gasteiger partial charge in [0.1, 0.15) is 0 Å². The number of benzene rings is 1. The summed E-state index contributed by atoms with van der Waals surface area (Å²) in [7, 11) is 0. The average Bonchev–Trinajstić information content (AvgIpc) is 3.13. The highest BCUT2D eigenvalue weighted by Gasteiger charge is 2.38. The molecule has 0 spiro atoms. The van der Waals surface area contributed by atoms with E-state index in [9.17, 15) is 13.2 Å². The van der Waals surface area contributed by atoms with Gasteiger partial charge in [-0.1, -0.05) is 18.2 Å². The molecule has 3 aromatic rings. The third-order valence-electron chi connectivity index (χ3n) is 3.70. The van der Waals surface area contributed by atoms with E-state index in [1.165, 1.54) is 6.20 Å². The molecule has 0 fully saturated rings. The van der Waals surface area contributed by atoms with E-state index < -0.39 is 18.8 Å². The number of nitrogens with zero attached hydrogens (tertiary/aromatic N) is 3. The van der Waals surface area contributed by atoms with E-state index in [-0.39, 0.29) is 0 Å². The monoisotopic (exact) mass is 367 g/mol. The highest BCUT2D eigenvalue weighted by Crippen LogP contribution is 2.32. The predicted molar refractivity (Wildman–Crippen MR) is 90.3 cm³/mol. The van der Waals surface area contributed by atoms with Crippen LogP contribution in [0.3, 0.4) is 0 Å². The van der Waals surface area contributed by atoms with Crippen molar-refractivity contribution in [3.05, 3.63) is 47.2 Å². The van der Waals surface area contributed by atoms with Crippen LogP contribution in [0.15, 0.2) is 36.5 Å². The Hall–Kier alpha value is -2.19. The molecule has 8 heteroatoms. The van der Waals surface area contributed by atoms with E-state index in [1.54, 1.807) is 17.4 Å². The molecule has 0 aliphatic carbocycles. The SMILES string of the molecule is Cc1nc(C)c(-c2cccc(-c3ccn(C[C@@H](O)C(F)(F)F)n3)c2)s1. The first-order valence-electron chi connectivity index (χ1n) is 7.57. The molecular formula is C17H16F3N3OS. The number of hydrogen-bond acceptors (Lipinski definition) is 4. The van der Waals surface area contributed by atoms with Gasteiger partial charge in [-0.05, 0) is 31.5 Å². The fourth-order valence-corrected chi connectivity index (χ4v) is 3.43. The Labute approximate surface area is 146 Å². The summed E-state index contributed by atoms with van der Waals surface area (Å²) >= 11 is 1.59. The minimum atomic E-state index is -4.66. The standard InChI is InChI=1S/C17H16F3N3OS/c1-10-16(25-11(2)21-10)13-5-3-4-12(8-13)14-6-7-23(22-14)9-15(24)17(18,19)20/h3-8,15,24H,9H2,1-2H3/t15-/m1/s1. The van der Waals surface area contributed by atoms with Crippen LogP contribution in [-0.4, -0.2) is 32.2 Å². The maximum Gasteiger partial charge on any atom is 0.416 e. The van der Waals surface area contributed by atoms with Crippen LogP contribution in [0.4, 0.5) is 13.2 Å². The number of alkyl halides is 3. The van der Waals surface area contributed by atoms with Gasteiger partial charge >= 0.3 is 6.18 Å². The fraction of sp³-hybridized carbons (Fsp3) is 0.294. The van der Waals surface area contributed by atoms with Crippen molar-refractivity contribution in [2.75, 3.05) is 0 Å². The van der Waals surface area contributed by atoms with E-state index in [1.807, 2.05) is 38.1 Å². The third-order valence-corrected chi connectivity index (χ3v) is 4.82. The first-order valence-corrected chi connectivity index (χ1v) is 8.39. The summed E-state index contributed by atoms with van der Waals surface area (Å²) in [6.07, 6.45) is -5.67. The van der Waals surface area contributed by atoms with Crippen molar-refractivity contribution in [1.82, 2.24) is 14.8 Å².